The molecule has 3 aliphatic heterocycles. The summed E-state index contributed by atoms with van der Waals surface area (Å²) in [6.07, 6.45) is 1.54. The first-order valence-electron chi connectivity index (χ1n) is 12.6. The topological polar surface area (TPSA) is 88.0 Å². The Morgan fingerprint density at radius 2 is 1.61 bits per heavy atom. The van der Waals surface area contributed by atoms with E-state index in [1.807, 2.05) is 66.9 Å². The second-order valence-corrected chi connectivity index (χ2v) is 9.47. The van der Waals surface area contributed by atoms with Crippen molar-refractivity contribution >= 4 is 17.4 Å². The molecule has 2 atom stereocenters. The van der Waals surface area contributed by atoms with Crippen molar-refractivity contribution in [2.45, 2.75) is 18.4 Å². The zero-order chi connectivity index (χ0) is 25.6. The maximum Gasteiger partial charge on any atom is 0.269 e. The quantitative estimate of drug-likeness (QED) is 0.430. The van der Waals surface area contributed by atoms with Crippen molar-refractivity contribution < 1.29 is 28.5 Å². The number of carbonyl (C=O) groups is 2. The van der Waals surface area contributed by atoms with Crippen LogP contribution in [0.3, 0.4) is 0 Å². The first kappa shape index (κ1) is 22.5. The van der Waals surface area contributed by atoms with E-state index in [1.165, 1.54) is 0 Å². The predicted molar refractivity (Wildman–Crippen MR) is 139 cm³/mol. The molecule has 8 heteroatoms. The molecule has 3 aromatic carbocycles. The lowest BCUT2D eigenvalue weighted by molar-refractivity contribution is -0.125. The van der Waals surface area contributed by atoms with Crippen LogP contribution in [0.2, 0.25) is 0 Å². The highest BCUT2D eigenvalue weighted by atomic mass is 16.6. The molecule has 1 amide bonds. The number of nitrogens with zero attached hydrogens (tertiary/aromatic N) is 1. The van der Waals surface area contributed by atoms with Crippen molar-refractivity contribution in [3.05, 3.63) is 95.8 Å². The normalized spacial score (nSPS) is 19.1. The van der Waals surface area contributed by atoms with Crippen molar-refractivity contribution in [2.75, 3.05) is 25.1 Å². The molecule has 3 aliphatic rings. The number of benzene rings is 3. The van der Waals surface area contributed by atoms with Crippen LogP contribution in [-0.4, -0.2) is 42.2 Å². The summed E-state index contributed by atoms with van der Waals surface area (Å²) in [5.41, 5.74) is 4.04. The lowest BCUT2D eigenvalue weighted by atomic mass is 9.90. The van der Waals surface area contributed by atoms with Crippen LogP contribution in [0.5, 0.6) is 23.0 Å². The summed E-state index contributed by atoms with van der Waals surface area (Å²) in [6.45, 7) is 1.09. The van der Waals surface area contributed by atoms with E-state index in [1.54, 1.807) is 12.1 Å². The molecule has 4 aromatic rings. The highest BCUT2D eigenvalue weighted by molar-refractivity contribution is 6.01. The fourth-order valence-electron chi connectivity index (χ4n) is 5.26. The number of hydrogen-bond acceptors (Lipinski definition) is 6. The zero-order valence-electron chi connectivity index (χ0n) is 20.4. The molecule has 0 fully saturated rings. The van der Waals surface area contributed by atoms with Crippen LogP contribution < -0.4 is 24.3 Å². The molecule has 190 valence electrons. The molecule has 4 heterocycles. The summed E-state index contributed by atoms with van der Waals surface area (Å²) in [5.74, 6) is 2.04. The monoisotopic (exact) mass is 508 g/mol. The van der Waals surface area contributed by atoms with Gasteiger partial charge in [-0.1, -0.05) is 24.3 Å². The highest BCUT2D eigenvalue weighted by Crippen LogP contribution is 2.41. The number of rotatable bonds is 3. The first-order valence-corrected chi connectivity index (χ1v) is 12.6. The van der Waals surface area contributed by atoms with E-state index in [2.05, 4.69) is 9.88 Å². The van der Waals surface area contributed by atoms with E-state index in [0.29, 0.717) is 53.9 Å². The Morgan fingerprint density at radius 3 is 2.42 bits per heavy atom. The second-order valence-electron chi connectivity index (χ2n) is 9.47. The number of fused-ring (bicyclic) bond motifs is 5. The van der Waals surface area contributed by atoms with Crippen molar-refractivity contribution in [3.8, 4) is 28.7 Å². The van der Waals surface area contributed by atoms with E-state index >= 15 is 0 Å². The van der Waals surface area contributed by atoms with Gasteiger partial charge in [0.2, 0.25) is 6.10 Å². The molecule has 0 saturated heterocycles. The summed E-state index contributed by atoms with van der Waals surface area (Å²) in [4.78, 5) is 26.3. The third-order valence-corrected chi connectivity index (χ3v) is 7.13. The third kappa shape index (κ3) is 3.85. The fraction of sp³-hybridized carbons (Fsp3) is 0.200. The van der Waals surface area contributed by atoms with Gasteiger partial charge in [-0.3, -0.25) is 9.59 Å². The Hall–Kier alpha value is -4.72. The number of Topliss-reactive ketones (excluding diaryl/α,β-unsaturated/α-hetero) is 1. The number of para-hydroxylation sites is 2. The van der Waals surface area contributed by atoms with Gasteiger partial charge in [-0.2, -0.15) is 0 Å². The van der Waals surface area contributed by atoms with Gasteiger partial charge in [0.1, 0.15) is 19.8 Å². The van der Waals surface area contributed by atoms with Gasteiger partial charge >= 0.3 is 0 Å². The van der Waals surface area contributed by atoms with Crippen LogP contribution in [0.4, 0.5) is 5.69 Å². The molecule has 0 spiro atoms. The van der Waals surface area contributed by atoms with Gasteiger partial charge < -0.3 is 28.8 Å². The fourth-order valence-corrected chi connectivity index (χ4v) is 5.26. The Balaban J connectivity index is 1.13. The number of anilines is 1. The molecule has 0 saturated carbocycles. The molecule has 8 nitrogen and oxygen atoms in total. The molecule has 1 N–H and O–H groups in total. The summed E-state index contributed by atoms with van der Waals surface area (Å²) < 4.78 is 25.0. The first-order chi connectivity index (χ1) is 18.6. The van der Waals surface area contributed by atoms with E-state index in [4.69, 9.17) is 18.9 Å². The van der Waals surface area contributed by atoms with Crippen LogP contribution in [0.1, 0.15) is 34.0 Å². The van der Waals surface area contributed by atoms with Crippen LogP contribution >= 0.6 is 0 Å². The molecule has 0 unspecified atom stereocenters. The Labute approximate surface area is 218 Å². The number of hydrogen-bond donors (Lipinski definition) is 1. The minimum atomic E-state index is -0.746. The number of amides is 1. The summed E-state index contributed by atoms with van der Waals surface area (Å²) in [6, 6.07) is 22.6. The standard InChI is InChI=1S/C30H24N2O6/c33-24-14-20(22-4-3-11-32(22)23-16-28-27(15-21(23)24)35-12-13-36-28)18-7-9-19(10-8-18)31-30(34)29-17-37-25-5-1-2-6-26(25)38-29/h1-11,15-16,20,29H,12-14,17H2,(H,31,34)/t20-,29-/m1/s1. The van der Waals surface area contributed by atoms with Gasteiger partial charge in [-0.15, -0.1) is 0 Å². The minimum absolute atomic E-state index is 0.0396. The van der Waals surface area contributed by atoms with E-state index < -0.39 is 6.10 Å². The van der Waals surface area contributed by atoms with Gasteiger partial charge in [-0.05, 0) is 48.0 Å². The molecule has 0 bridgehead atoms. The summed E-state index contributed by atoms with van der Waals surface area (Å²) >= 11 is 0. The Kier molecular flexibility index (Phi) is 5.32. The maximum atomic E-state index is 13.4. The summed E-state index contributed by atoms with van der Waals surface area (Å²) in [7, 11) is 0. The lowest BCUT2D eigenvalue weighted by Crippen LogP contribution is -2.40. The van der Waals surface area contributed by atoms with Gasteiger partial charge in [0.05, 0.1) is 5.69 Å². The number of ether oxygens (including phenoxy) is 4. The lowest BCUT2D eigenvalue weighted by Gasteiger charge is -2.25. The zero-order valence-corrected chi connectivity index (χ0v) is 20.4. The molecule has 0 radical (unpaired) electrons. The second kappa shape index (κ2) is 8.99. The minimum Gasteiger partial charge on any atom is -0.486 e. The number of aromatic nitrogens is 1. The molecule has 38 heavy (non-hydrogen) atoms. The smallest absolute Gasteiger partial charge is 0.269 e. The average Bonchev–Trinajstić information content (AvgIpc) is 3.41. The van der Waals surface area contributed by atoms with Crippen LogP contribution in [-0.2, 0) is 4.79 Å². The van der Waals surface area contributed by atoms with E-state index in [9.17, 15) is 9.59 Å². The largest absolute Gasteiger partial charge is 0.486 e. The number of nitrogens with one attached hydrogen (secondary N) is 1. The van der Waals surface area contributed by atoms with E-state index in [-0.39, 0.29) is 24.2 Å². The average molecular weight is 509 g/mol. The molecule has 7 rings (SSSR count). The number of ketones is 1. The molecular weight excluding hydrogens is 484 g/mol. The van der Waals surface area contributed by atoms with Crippen LogP contribution in [0.15, 0.2) is 79.0 Å². The van der Waals surface area contributed by atoms with Crippen molar-refractivity contribution in [3.63, 3.8) is 0 Å². The van der Waals surface area contributed by atoms with Gasteiger partial charge in [-0.25, -0.2) is 0 Å². The third-order valence-electron chi connectivity index (χ3n) is 7.13. The van der Waals surface area contributed by atoms with E-state index in [0.717, 1.165) is 16.9 Å². The highest BCUT2D eigenvalue weighted by Gasteiger charge is 2.31. The van der Waals surface area contributed by atoms with Crippen molar-refractivity contribution in [2.24, 2.45) is 0 Å². The molecular formula is C30H24N2O6. The van der Waals surface area contributed by atoms with Crippen molar-refractivity contribution in [1.29, 1.82) is 0 Å². The summed E-state index contributed by atoms with van der Waals surface area (Å²) in [5, 5.41) is 2.91. The van der Waals surface area contributed by atoms with Gasteiger partial charge in [0, 0.05) is 41.5 Å². The number of carbonyl (C=O) groups excluding carboxylic acids is 2. The van der Waals surface area contributed by atoms with Gasteiger partial charge in [0.25, 0.3) is 5.91 Å². The van der Waals surface area contributed by atoms with Crippen molar-refractivity contribution in [1.82, 2.24) is 4.57 Å². The Morgan fingerprint density at radius 1 is 0.842 bits per heavy atom. The van der Waals surface area contributed by atoms with Crippen LogP contribution in [0.25, 0.3) is 5.69 Å². The van der Waals surface area contributed by atoms with Crippen LogP contribution in [0, 0.1) is 0 Å². The predicted octanol–water partition coefficient (Wildman–Crippen LogP) is 4.75. The SMILES string of the molecule is O=C1C[C@H](c2ccc(NC(=O)[C@H]3COc4ccccc4O3)cc2)c2cccn2-c2cc3c(cc21)OCCO3. The molecule has 1 aromatic heterocycles. The van der Waals surface area contributed by atoms with Gasteiger partial charge in [0.15, 0.2) is 28.8 Å². The Bertz CT molecular complexity index is 1560. The maximum absolute atomic E-state index is 13.4. The molecule has 0 aliphatic carbocycles.